The maximum atomic E-state index is 6.44. The molecular weight excluding hydrogens is 378 g/mol. The van der Waals surface area contributed by atoms with Crippen LogP contribution in [0.1, 0.15) is 49.7 Å². The largest absolute Gasteiger partial charge is 0.370 e. The highest BCUT2D eigenvalue weighted by Crippen LogP contribution is 2.57. The molecule has 4 fully saturated rings. The molecule has 4 aliphatic rings. The second kappa shape index (κ2) is 8.39. The van der Waals surface area contributed by atoms with Crippen molar-refractivity contribution in [3.8, 4) is 0 Å². The van der Waals surface area contributed by atoms with Crippen LogP contribution in [-0.4, -0.2) is 11.5 Å². The highest BCUT2D eigenvalue weighted by molar-refractivity contribution is 5.93. The van der Waals surface area contributed by atoms with Crippen molar-refractivity contribution in [1.29, 1.82) is 0 Å². The van der Waals surface area contributed by atoms with E-state index in [0.717, 1.165) is 36.3 Å². The van der Waals surface area contributed by atoms with Crippen LogP contribution < -0.4 is 11.1 Å². The number of nitrogens with one attached hydrogen (secondary N) is 1. The van der Waals surface area contributed by atoms with Crippen LogP contribution in [0.15, 0.2) is 59.6 Å². The number of hydrogen-bond acceptors (Lipinski definition) is 1. The third kappa shape index (κ3) is 4.45. The summed E-state index contributed by atoms with van der Waals surface area (Å²) < 4.78 is 0. The van der Waals surface area contributed by atoms with E-state index in [9.17, 15) is 0 Å². The van der Waals surface area contributed by atoms with Crippen molar-refractivity contribution < 1.29 is 0 Å². The summed E-state index contributed by atoms with van der Waals surface area (Å²) in [7, 11) is 0. The van der Waals surface area contributed by atoms with Gasteiger partial charge in [-0.05, 0) is 86.3 Å². The summed E-state index contributed by atoms with van der Waals surface area (Å²) in [6, 6.07) is 19.2. The van der Waals surface area contributed by atoms with E-state index in [2.05, 4.69) is 59.9 Å². The van der Waals surface area contributed by atoms with Crippen LogP contribution in [0, 0.1) is 17.8 Å². The van der Waals surface area contributed by atoms with Crippen molar-refractivity contribution in [2.24, 2.45) is 28.5 Å². The molecule has 29 heavy (non-hydrogen) atoms. The lowest BCUT2D eigenvalue weighted by Gasteiger charge is -2.54. The molecule has 0 aliphatic heterocycles. The van der Waals surface area contributed by atoms with E-state index in [1.807, 2.05) is 0 Å². The number of hydrogen-bond donors (Lipinski definition) is 2. The number of aryl methyl sites for hydroxylation is 2. The molecule has 154 valence electrons. The lowest BCUT2D eigenvalue weighted by atomic mass is 9.53. The van der Waals surface area contributed by atoms with Crippen molar-refractivity contribution >= 4 is 24.1 Å². The van der Waals surface area contributed by atoms with Gasteiger partial charge in [0.05, 0.1) is 5.54 Å². The molecule has 6 rings (SSSR count). The van der Waals surface area contributed by atoms with Crippen molar-refractivity contribution in [2.75, 3.05) is 5.32 Å². The van der Waals surface area contributed by atoms with Gasteiger partial charge >= 0.3 is 0 Å². The van der Waals surface area contributed by atoms with E-state index in [1.54, 1.807) is 0 Å². The number of guanidine groups is 1. The predicted molar refractivity (Wildman–Crippen MR) is 124 cm³/mol. The van der Waals surface area contributed by atoms with Crippen molar-refractivity contribution in [3.05, 3.63) is 65.7 Å². The van der Waals surface area contributed by atoms with Crippen LogP contribution in [0.5, 0.6) is 0 Å². The second-order valence-corrected chi connectivity index (χ2v) is 9.41. The predicted octanol–water partition coefficient (Wildman–Crippen LogP) is 5.59. The Bertz CT molecular complexity index is 826. The summed E-state index contributed by atoms with van der Waals surface area (Å²) in [5, 5.41) is 3.45. The summed E-state index contributed by atoms with van der Waals surface area (Å²) in [4.78, 5) is 5.11. The Labute approximate surface area is 180 Å². The Morgan fingerprint density at radius 2 is 1.45 bits per heavy atom. The lowest BCUT2D eigenvalue weighted by molar-refractivity contribution is 0.00163. The van der Waals surface area contributed by atoms with E-state index in [4.69, 9.17) is 10.7 Å². The van der Waals surface area contributed by atoms with E-state index in [-0.39, 0.29) is 17.9 Å². The van der Waals surface area contributed by atoms with Gasteiger partial charge in [0, 0.05) is 5.69 Å². The quantitative estimate of drug-likeness (QED) is 0.499. The maximum Gasteiger partial charge on any atom is 0.193 e. The molecule has 3 nitrogen and oxygen atoms in total. The molecule has 4 bridgehead atoms. The SMILES string of the molecule is Cl.NC(=NC12CC3CC(CC(C3)C1)C2)Nc1ccccc1CCc1ccccc1. The number of nitrogens with zero attached hydrogens (tertiary/aromatic N) is 1. The second-order valence-electron chi connectivity index (χ2n) is 9.41. The summed E-state index contributed by atoms with van der Waals surface area (Å²) in [5.41, 5.74) is 10.3. The number of para-hydroxylation sites is 1. The molecule has 4 heteroatoms. The highest BCUT2D eigenvalue weighted by atomic mass is 35.5. The molecule has 2 aromatic rings. The number of rotatable bonds is 5. The van der Waals surface area contributed by atoms with Gasteiger partial charge in [0.15, 0.2) is 5.96 Å². The normalized spacial score (nSPS) is 30.1. The number of benzene rings is 2. The summed E-state index contributed by atoms with van der Waals surface area (Å²) in [6.45, 7) is 0. The molecule has 0 atom stereocenters. The van der Waals surface area contributed by atoms with Gasteiger partial charge in [-0.15, -0.1) is 12.4 Å². The Morgan fingerprint density at radius 1 is 0.862 bits per heavy atom. The molecule has 0 saturated heterocycles. The molecule has 3 N–H and O–H groups in total. The topological polar surface area (TPSA) is 50.4 Å². The van der Waals surface area contributed by atoms with Crippen LogP contribution in [0.4, 0.5) is 5.69 Å². The molecule has 0 heterocycles. The van der Waals surface area contributed by atoms with Gasteiger partial charge in [-0.3, -0.25) is 0 Å². The minimum absolute atomic E-state index is 0. The first kappa shape index (κ1) is 20.3. The van der Waals surface area contributed by atoms with Crippen molar-refractivity contribution in [1.82, 2.24) is 0 Å². The van der Waals surface area contributed by atoms with E-state index >= 15 is 0 Å². The minimum Gasteiger partial charge on any atom is -0.370 e. The Kier molecular flexibility index (Phi) is 5.87. The fraction of sp³-hybridized carbons (Fsp3) is 0.480. The van der Waals surface area contributed by atoms with Gasteiger partial charge in [-0.25, -0.2) is 4.99 Å². The average molecular weight is 410 g/mol. The van der Waals surface area contributed by atoms with Crippen LogP contribution in [0.3, 0.4) is 0 Å². The number of halogens is 1. The van der Waals surface area contributed by atoms with Crippen LogP contribution in [0.25, 0.3) is 0 Å². The standard InChI is InChI=1S/C25H31N3.ClH/c26-24(28-25-15-19-12-20(16-25)14-21(13-19)17-25)27-23-9-5-4-8-22(23)11-10-18-6-2-1-3-7-18;/h1-9,19-21H,10-17H2,(H3,26,27,28);1H. The molecular formula is C25H32ClN3. The zero-order valence-corrected chi connectivity index (χ0v) is 17.8. The summed E-state index contributed by atoms with van der Waals surface area (Å²) >= 11 is 0. The summed E-state index contributed by atoms with van der Waals surface area (Å²) in [5.74, 6) is 3.27. The molecule has 0 aromatic heterocycles. The number of anilines is 1. The zero-order valence-electron chi connectivity index (χ0n) is 17.0. The van der Waals surface area contributed by atoms with Gasteiger partial charge < -0.3 is 11.1 Å². The van der Waals surface area contributed by atoms with Gasteiger partial charge in [-0.2, -0.15) is 0 Å². The van der Waals surface area contributed by atoms with E-state index < -0.39 is 0 Å². The van der Waals surface area contributed by atoms with Gasteiger partial charge in [0.25, 0.3) is 0 Å². The van der Waals surface area contributed by atoms with Gasteiger partial charge in [0.1, 0.15) is 0 Å². The van der Waals surface area contributed by atoms with Crippen LogP contribution >= 0.6 is 12.4 Å². The molecule has 2 aromatic carbocycles. The van der Waals surface area contributed by atoms with Crippen LogP contribution in [-0.2, 0) is 12.8 Å². The first-order valence-electron chi connectivity index (χ1n) is 10.9. The number of nitrogens with two attached hydrogens (primary N) is 1. The molecule has 0 amide bonds. The van der Waals surface area contributed by atoms with Crippen molar-refractivity contribution in [3.63, 3.8) is 0 Å². The molecule has 4 saturated carbocycles. The highest BCUT2D eigenvalue weighted by Gasteiger charge is 2.51. The summed E-state index contributed by atoms with van der Waals surface area (Å²) in [6.07, 6.45) is 10.1. The first-order valence-corrected chi connectivity index (χ1v) is 10.9. The third-order valence-electron chi connectivity index (χ3n) is 7.17. The average Bonchev–Trinajstić information content (AvgIpc) is 2.66. The maximum absolute atomic E-state index is 6.44. The fourth-order valence-corrected chi connectivity index (χ4v) is 6.41. The van der Waals surface area contributed by atoms with Crippen LogP contribution in [0.2, 0.25) is 0 Å². The minimum atomic E-state index is 0. The fourth-order valence-electron chi connectivity index (χ4n) is 6.41. The Morgan fingerprint density at radius 3 is 2.10 bits per heavy atom. The Hall–Kier alpha value is -2.00. The number of aliphatic imine (C=N–C) groups is 1. The first-order chi connectivity index (χ1) is 13.7. The molecule has 0 spiro atoms. The molecule has 4 aliphatic carbocycles. The third-order valence-corrected chi connectivity index (χ3v) is 7.17. The molecule has 0 unspecified atom stereocenters. The van der Waals surface area contributed by atoms with Gasteiger partial charge in [0.2, 0.25) is 0 Å². The van der Waals surface area contributed by atoms with Crippen molar-refractivity contribution in [2.45, 2.75) is 56.9 Å². The van der Waals surface area contributed by atoms with E-state index in [0.29, 0.717) is 5.96 Å². The monoisotopic (exact) mass is 409 g/mol. The van der Waals surface area contributed by atoms with E-state index in [1.165, 1.54) is 49.7 Å². The smallest absolute Gasteiger partial charge is 0.193 e. The lowest BCUT2D eigenvalue weighted by Crippen LogP contribution is -2.50. The molecule has 0 radical (unpaired) electrons. The Balaban J connectivity index is 0.00000205. The zero-order chi connectivity index (χ0) is 19.0. The van der Waals surface area contributed by atoms with Gasteiger partial charge in [-0.1, -0.05) is 48.5 Å².